The summed E-state index contributed by atoms with van der Waals surface area (Å²) in [5.74, 6) is 0.719. The number of aliphatic hydroxyl groups is 2. The van der Waals surface area contributed by atoms with Crippen LogP contribution in [-0.4, -0.2) is 32.3 Å². The molecule has 1 aliphatic carbocycles. The van der Waals surface area contributed by atoms with Crippen LogP contribution in [0.15, 0.2) is 78.9 Å². The third-order valence-corrected chi connectivity index (χ3v) is 7.43. The molecule has 0 radical (unpaired) electrons. The van der Waals surface area contributed by atoms with Gasteiger partial charge in [-0.25, -0.2) is 4.98 Å². The minimum Gasteiger partial charge on any atom is -0.394 e. The zero-order valence-corrected chi connectivity index (χ0v) is 20.4. The second-order valence-corrected chi connectivity index (χ2v) is 9.65. The molecule has 0 unspecified atom stereocenters. The normalized spacial score (nSPS) is 18.7. The number of carbonyl (C=O) groups is 1. The molecular weight excluding hydrogens is 450 g/mol. The van der Waals surface area contributed by atoms with Gasteiger partial charge in [0, 0.05) is 12.5 Å². The molecular formula is C30H33N3O3. The maximum Gasteiger partial charge on any atom is 0.224 e. The lowest BCUT2D eigenvalue weighted by Gasteiger charge is -2.32. The summed E-state index contributed by atoms with van der Waals surface area (Å²) in [6, 6.07) is 25.7. The van der Waals surface area contributed by atoms with Crippen molar-refractivity contribution in [2.45, 2.75) is 50.8 Å². The van der Waals surface area contributed by atoms with Crippen LogP contribution in [0.25, 0.3) is 11.0 Å². The van der Waals surface area contributed by atoms with Crippen LogP contribution in [0.5, 0.6) is 0 Å². The summed E-state index contributed by atoms with van der Waals surface area (Å²) in [7, 11) is 0. The molecule has 3 atom stereocenters. The number of fused-ring (bicyclic) bond motifs is 1. The van der Waals surface area contributed by atoms with Gasteiger partial charge in [-0.2, -0.15) is 0 Å². The Hall–Kier alpha value is -3.48. The molecule has 1 aliphatic rings. The molecule has 6 heteroatoms. The molecule has 186 valence electrons. The summed E-state index contributed by atoms with van der Waals surface area (Å²) in [4.78, 5) is 17.9. The van der Waals surface area contributed by atoms with Crippen LogP contribution in [-0.2, 0) is 17.9 Å². The number of nitrogens with one attached hydrogen (secondary N) is 1. The van der Waals surface area contributed by atoms with Gasteiger partial charge in [-0.05, 0) is 47.6 Å². The van der Waals surface area contributed by atoms with Crippen LogP contribution >= 0.6 is 0 Å². The largest absolute Gasteiger partial charge is 0.394 e. The first-order valence-corrected chi connectivity index (χ1v) is 12.8. The van der Waals surface area contributed by atoms with E-state index in [9.17, 15) is 15.0 Å². The quantitative estimate of drug-likeness (QED) is 0.339. The first-order chi connectivity index (χ1) is 17.7. The van der Waals surface area contributed by atoms with Crippen LogP contribution in [0, 0.1) is 5.92 Å². The van der Waals surface area contributed by atoms with Crippen molar-refractivity contribution < 1.29 is 15.0 Å². The van der Waals surface area contributed by atoms with E-state index in [2.05, 4.69) is 39.1 Å². The number of nitrogens with zero attached hydrogens (tertiary/aromatic N) is 2. The van der Waals surface area contributed by atoms with Crippen molar-refractivity contribution >= 4 is 16.9 Å². The summed E-state index contributed by atoms with van der Waals surface area (Å²) in [5, 5.41) is 22.8. The molecule has 4 aromatic rings. The second kappa shape index (κ2) is 11.1. The molecule has 6 nitrogen and oxygen atoms in total. The van der Waals surface area contributed by atoms with E-state index < -0.39 is 6.04 Å². The number of hydrogen-bond donors (Lipinski definition) is 3. The molecule has 5 rings (SSSR count). The molecule has 0 bridgehead atoms. The number of aliphatic hydroxyl groups excluding tert-OH is 2. The monoisotopic (exact) mass is 483 g/mol. The lowest BCUT2D eigenvalue weighted by atomic mass is 9.74. The van der Waals surface area contributed by atoms with Gasteiger partial charge in [-0.3, -0.25) is 4.79 Å². The molecule has 3 N–H and O–H groups in total. The Morgan fingerprint density at radius 1 is 0.944 bits per heavy atom. The summed E-state index contributed by atoms with van der Waals surface area (Å²) in [6.07, 6.45) is 3.98. The Bertz CT molecular complexity index is 1300. The average Bonchev–Trinajstić information content (AvgIpc) is 3.30. The molecule has 1 fully saturated rings. The van der Waals surface area contributed by atoms with E-state index in [0.29, 0.717) is 12.4 Å². The van der Waals surface area contributed by atoms with E-state index >= 15 is 0 Å². The standard InChI is InChI=1S/C30H33N3O3/c34-19-27(23-8-2-1-3-9-23)32-30(36)25-11-5-4-10-24(25)22-16-14-21(15-17-22)18-33-28-13-7-6-12-26(28)31-29(33)20-35/h1-3,6-9,12-17,24-25,27,34-35H,4-5,10-11,18-20H2,(H,32,36)/t24-,25+,27+/m0/s1. The molecule has 1 heterocycles. The zero-order chi connectivity index (χ0) is 24.9. The van der Waals surface area contributed by atoms with E-state index in [1.165, 1.54) is 5.56 Å². The minimum absolute atomic E-state index is 0.0177. The van der Waals surface area contributed by atoms with Crippen molar-refractivity contribution in [3.63, 3.8) is 0 Å². The second-order valence-electron chi connectivity index (χ2n) is 9.65. The van der Waals surface area contributed by atoms with Crippen molar-refractivity contribution in [3.8, 4) is 0 Å². The van der Waals surface area contributed by atoms with Gasteiger partial charge in [0.05, 0.1) is 23.7 Å². The summed E-state index contributed by atoms with van der Waals surface area (Å²) in [5.41, 5.74) is 5.10. The number of aromatic nitrogens is 2. The number of hydrogen-bond acceptors (Lipinski definition) is 4. The van der Waals surface area contributed by atoms with Gasteiger partial charge in [-0.1, -0.05) is 79.6 Å². The van der Waals surface area contributed by atoms with E-state index in [0.717, 1.165) is 47.8 Å². The van der Waals surface area contributed by atoms with Crippen molar-refractivity contribution in [2.24, 2.45) is 5.92 Å². The van der Waals surface area contributed by atoms with Crippen molar-refractivity contribution in [1.82, 2.24) is 14.9 Å². The van der Waals surface area contributed by atoms with Crippen LogP contribution in [0.2, 0.25) is 0 Å². The number of amides is 1. The third kappa shape index (κ3) is 5.06. The van der Waals surface area contributed by atoms with Crippen LogP contribution in [0.3, 0.4) is 0 Å². The Morgan fingerprint density at radius 3 is 2.42 bits per heavy atom. The third-order valence-electron chi connectivity index (χ3n) is 7.43. The van der Waals surface area contributed by atoms with Gasteiger partial charge in [-0.15, -0.1) is 0 Å². The summed E-state index contributed by atoms with van der Waals surface area (Å²) < 4.78 is 2.06. The molecule has 3 aromatic carbocycles. The van der Waals surface area contributed by atoms with Gasteiger partial charge < -0.3 is 20.1 Å². The molecule has 0 saturated heterocycles. The highest BCUT2D eigenvalue weighted by atomic mass is 16.3. The fraction of sp³-hybridized carbons (Fsp3) is 0.333. The number of carbonyl (C=O) groups excluding carboxylic acids is 1. The first-order valence-electron chi connectivity index (χ1n) is 12.8. The predicted molar refractivity (Wildman–Crippen MR) is 140 cm³/mol. The summed E-state index contributed by atoms with van der Waals surface area (Å²) in [6.45, 7) is 0.393. The average molecular weight is 484 g/mol. The highest BCUT2D eigenvalue weighted by molar-refractivity contribution is 5.80. The number of para-hydroxylation sites is 2. The Morgan fingerprint density at radius 2 is 1.67 bits per heavy atom. The lowest BCUT2D eigenvalue weighted by molar-refractivity contribution is -0.127. The highest BCUT2D eigenvalue weighted by Gasteiger charge is 2.33. The molecule has 0 spiro atoms. The summed E-state index contributed by atoms with van der Waals surface area (Å²) >= 11 is 0. The lowest BCUT2D eigenvalue weighted by Crippen LogP contribution is -2.39. The Balaban J connectivity index is 1.32. The SMILES string of the molecule is O=C(N[C@H](CO)c1ccccc1)[C@@H]1CCCC[C@H]1c1ccc(Cn2c(CO)nc3ccccc32)cc1. The first kappa shape index (κ1) is 24.2. The number of imidazole rings is 1. The fourth-order valence-electron chi connectivity index (χ4n) is 5.52. The van der Waals surface area contributed by atoms with E-state index in [4.69, 9.17) is 0 Å². The fourth-order valence-corrected chi connectivity index (χ4v) is 5.52. The van der Waals surface area contributed by atoms with Crippen LogP contribution in [0.4, 0.5) is 0 Å². The zero-order valence-electron chi connectivity index (χ0n) is 20.4. The minimum atomic E-state index is -0.394. The molecule has 36 heavy (non-hydrogen) atoms. The molecule has 1 saturated carbocycles. The van der Waals surface area contributed by atoms with Gasteiger partial charge >= 0.3 is 0 Å². The number of rotatable bonds is 8. The maximum absolute atomic E-state index is 13.3. The Kier molecular flexibility index (Phi) is 7.44. The van der Waals surface area contributed by atoms with Crippen molar-refractivity contribution in [3.05, 3.63) is 101 Å². The van der Waals surface area contributed by atoms with Gasteiger partial charge in [0.15, 0.2) is 0 Å². The topological polar surface area (TPSA) is 87.4 Å². The Labute approximate surface area is 211 Å². The van der Waals surface area contributed by atoms with Crippen molar-refractivity contribution in [1.29, 1.82) is 0 Å². The molecule has 0 aliphatic heterocycles. The molecule has 1 aromatic heterocycles. The van der Waals surface area contributed by atoms with Crippen LogP contribution in [0.1, 0.15) is 60.2 Å². The molecule has 1 amide bonds. The van der Waals surface area contributed by atoms with E-state index in [-0.39, 0.29) is 31.0 Å². The van der Waals surface area contributed by atoms with E-state index in [1.807, 2.05) is 54.6 Å². The van der Waals surface area contributed by atoms with Gasteiger partial charge in [0.25, 0.3) is 0 Å². The predicted octanol–water partition coefficient (Wildman–Crippen LogP) is 4.70. The van der Waals surface area contributed by atoms with Crippen LogP contribution < -0.4 is 5.32 Å². The maximum atomic E-state index is 13.3. The highest BCUT2D eigenvalue weighted by Crippen LogP contribution is 2.38. The van der Waals surface area contributed by atoms with Gasteiger partial charge in [0.2, 0.25) is 5.91 Å². The van der Waals surface area contributed by atoms with E-state index in [1.54, 1.807) is 0 Å². The smallest absolute Gasteiger partial charge is 0.224 e. The van der Waals surface area contributed by atoms with Crippen molar-refractivity contribution in [2.75, 3.05) is 6.61 Å². The van der Waals surface area contributed by atoms with Gasteiger partial charge in [0.1, 0.15) is 12.4 Å². The number of benzene rings is 3.